The van der Waals surface area contributed by atoms with E-state index in [1.54, 1.807) is 24.5 Å². The Morgan fingerprint density at radius 1 is 1.22 bits per heavy atom. The molecule has 0 unspecified atom stereocenters. The minimum atomic E-state index is 0.287. The lowest BCUT2D eigenvalue weighted by Gasteiger charge is -2.05. The van der Waals surface area contributed by atoms with Gasteiger partial charge in [0.1, 0.15) is 10.7 Å². The van der Waals surface area contributed by atoms with Crippen LogP contribution in [0.2, 0.25) is 0 Å². The summed E-state index contributed by atoms with van der Waals surface area (Å²) >= 11 is 4.82. The second-order valence-corrected chi connectivity index (χ2v) is 4.10. The molecule has 0 aliphatic heterocycles. The van der Waals surface area contributed by atoms with E-state index in [2.05, 4.69) is 9.97 Å². The maximum atomic E-state index is 5.56. The molecule has 2 rings (SSSR count). The van der Waals surface area contributed by atoms with Crippen LogP contribution < -0.4 is 10.5 Å². The third-order valence-corrected chi connectivity index (χ3v) is 2.55. The van der Waals surface area contributed by atoms with Crippen molar-refractivity contribution in [3.05, 3.63) is 54.1 Å². The summed E-state index contributed by atoms with van der Waals surface area (Å²) in [5.74, 6) is 0.700. The molecule has 0 aliphatic carbocycles. The quantitative estimate of drug-likeness (QED) is 0.829. The summed E-state index contributed by atoms with van der Waals surface area (Å²) in [6.45, 7) is 0.561. The molecule has 18 heavy (non-hydrogen) atoms. The highest BCUT2D eigenvalue weighted by molar-refractivity contribution is 7.80. The molecule has 0 spiro atoms. The van der Waals surface area contributed by atoms with E-state index in [1.807, 2.05) is 18.2 Å². The minimum absolute atomic E-state index is 0.287. The van der Waals surface area contributed by atoms with Crippen molar-refractivity contribution in [2.24, 2.45) is 5.73 Å². The molecule has 0 amide bonds. The summed E-state index contributed by atoms with van der Waals surface area (Å²) in [5, 5.41) is 0. The van der Waals surface area contributed by atoms with Gasteiger partial charge in [-0.2, -0.15) is 0 Å². The number of hydrogen-bond donors (Lipinski definition) is 1. The van der Waals surface area contributed by atoms with Crippen molar-refractivity contribution in [1.29, 1.82) is 0 Å². The lowest BCUT2D eigenvalue weighted by atomic mass is 10.3. The van der Waals surface area contributed by atoms with E-state index in [0.717, 1.165) is 12.1 Å². The van der Waals surface area contributed by atoms with Crippen molar-refractivity contribution in [2.75, 3.05) is 6.61 Å². The van der Waals surface area contributed by atoms with Crippen LogP contribution >= 0.6 is 12.2 Å². The van der Waals surface area contributed by atoms with E-state index in [1.165, 1.54) is 0 Å². The van der Waals surface area contributed by atoms with Crippen molar-refractivity contribution >= 4 is 17.2 Å². The summed E-state index contributed by atoms with van der Waals surface area (Å²) in [7, 11) is 0. The summed E-state index contributed by atoms with van der Waals surface area (Å²) in [4.78, 5) is 8.60. The molecule has 0 aliphatic rings. The maximum absolute atomic E-state index is 5.56. The van der Waals surface area contributed by atoms with Crippen molar-refractivity contribution in [2.45, 2.75) is 6.42 Å². The Bertz CT molecular complexity index is 514. The Morgan fingerprint density at radius 3 is 2.72 bits per heavy atom. The van der Waals surface area contributed by atoms with Crippen LogP contribution in [0.4, 0.5) is 0 Å². The number of nitrogens with two attached hydrogens (primary N) is 1. The molecule has 2 aromatic rings. The highest BCUT2D eigenvalue weighted by Gasteiger charge is 1.99. The van der Waals surface area contributed by atoms with Crippen LogP contribution in [0.15, 0.2) is 42.7 Å². The molecule has 0 fully saturated rings. The number of hydrogen-bond acceptors (Lipinski definition) is 4. The van der Waals surface area contributed by atoms with Gasteiger partial charge in [-0.05, 0) is 24.3 Å². The number of nitrogens with zero attached hydrogens (tertiary/aromatic N) is 2. The molecule has 92 valence electrons. The highest BCUT2D eigenvalue weighted by atomic mass is 32.1. The number of aromatic nitrogens is 2. The van der Waals surface area contributed by atoms with E-state index in [9.17, 15) is 0 Å². The van der Waals surface area contributed by atoms with Gasteiger partial charge in [0.15, 0.2) is 0 Å². The standard InChI is InChI=1S/C13H13N3OS/c14-13(18)12-5-4-11(9-16-12)17-8-6-10-3-1-2-7-15-10/h1-5,7,9H,6,8H2,(H2,14,18). The predicted octanol–water partition coefficient (Wildman–Crippen LogP) is 1.73. The van der Waals surface area contributed by atoms with Gasteiger partial charge in [-0.3, -0.25) is 4.98 Å². The Hall–Kier alpha value is -2.01. The SMILES string of the molecule is NC(=S)c1ccc(OCCc2ccccn2)cn1. The Labute approximate surface area is 111 Å². The van der Waals surface area contributed by atoms with Gasteiger partial charge >= 0.3 is 0 Å². The summed E-state index contributed by atoms with van der Waals surface area (Å²) < 4.78 is 5.56. The first-order valence-corrected chi connectivity index (χ1v) is 5.95. The molecule has 0 saturated heterocycles. The van der Waals surface area contributed by atoms with Gasteiger partial charge in [-0.15, -0.1) is 0 Å². The first kappa shape index (κ1) is 12.4. The number of rotatable bonds is 5. The highest BCUT2D eigenvalue weighted by Crippen LogP contribution is 2.09. The number of pyridine rings is 2. The molecule has 2 heterocycles. The second kappa shape index (κ2) is 6.07. The molecule has 0 radical (unpaired) electrons. The van der Waals surface area contributed by atoms with Crippen molar-refractivity contribution in [3.63, 3.8) is 0 Å². The van der Waals surface area contributed by atoms with Gasteiger partial charge in [0.05, 0.1) is 18.5 Å². The second-order valence-electron chi connectivity index (χ2n) is 3.66. The normalized spacial score (nSPS) is 10.0. The monoisotopic (exact) mass is 259 g/mol. The van der Waals surface area contributed by atoms with Gasteiger partial charge in [-0.25, -0.2) is 4.98 Å². The van der Waals surface area contributed by atoms with Crippen molar-refractivity contribution in [3.8, 4) is 5.75 Å². The van der Waals surface area contributed by atoms with Crippen molar-refractivity contribution < 1.29 is 4.74 Å². The summed E-state index contributed by atoms with van der Waals surface area (Å²) in [6, 6.07) is 9.37. The molecule has 2 aromatic heterocycles. The summed E-state index contributed by atoms with van der Waals surface area (Å²) in [5.41, 5.74) is 7.06. The minimum Gasteiger partial charge on any atom is -0.492 e. The molecule has 2 N–H and O–H groups in total. The molecule has 4 nitrogen and oxygen atoms in total. The van der Waals surface area contributed by atoms with Gasteiger partial charge in [-0.1, -0.05) is 18.3 Å². The van der Waals surface area contributed by atoms with Gasteiger partial charge in [0.25, 0.3) is 0 Å². The van der Waals surface area contributed by atoms with E-state index in [0.29, 0.717) is 18.1 Å². The zero-order valence-corrected chi connectivity index (χ0v) is 10.6. The van der Waals surface area contributed by atoms with Crippen molar-refractivity contribution in [1.82, 2.24) is 9.97 Å². The van der Waals surface area contributed by atoms with Crippen LogP contribution in [0.5, 0.6) is 5.75 Å². The van der Waals surface area contributed by atoms with Crippen LogP contribution in [0.25, 0.3) is 0 Å². The average Bonchev–Trinajstić information content (AvgIpc) is 2.40. The van der Waals surface area contributed by atoms with Crippen LogP contribution in [-0.2, 0) is 6.42 Å². The van der Waals surface area contributed by atoms with Gasteiger partial charge in [0, 0.05) is 18.3 Å². The molecule has 0 bridgehead atoms. The first-order valence-electron chi connectivity index (χ1n) is 5.54. The Morgan fingerprint density at radius 2 is 2.11 bits per heavy atom. The summed E-state index contributed by atoms with van der Waals surface area (Å²) in [6.07, 6.45) is 4.15. The fourth-order valence-corrected chi connectivity index (χ4v) is 1.55. The van der Waals surface area contributed by atoms with Gasteiger partial charge < -0.3 is 10.5 Å². The predicted molar refractivity (Wildman–Crippen MR) is 73.6 cm³/mol. The smallest absolute Gasteiger partial charge is 0.137 e. The lowest BCUT2D eigenvalue weighted by molar-refractivity contribution is 0.319. The largest absolute Gasteiger partial charge is 0.492 e. The van der Waals surface area contributed by atoms with E-state index < -0.39 is 0 Å². The van der Waals surface area contributed by atoms with Crippen LogP contribution in [0.1, 0.15) is 11.4 Å². The number of thiocarbonyl (C=S) groups is 1. The zero-order valence-electron chi connectivity index (χ0n) is 9.74. The van der Waals surface area contributed by atoms with E-state index in [4.69, 9.17) is 22.7 Å². The molecule has 0 saturated carbocycles. The fourth-order valence-electron chi connectivity index (χ4n) is 1.43. The lowest BCUT2D eigenvalue weighted by Crippen LogP contribution is -2.11. The third kappa shape index (κ3) is 3.49. The fraction of sp³-hybridized carbons (Fsp3) is 0.154. The molecular formula is C13H13N3OS. The van der Waals surface area contributed by atoms with E-state index >= 15 is 0 Å². The third-order valence-electron chi connectivity index (χ3n) is 2.34. The topological polar surface area (TPSA) is 61.0 Å². The zero-order chi connectivity index (χ0) is 12.8. The average molecular weight is 259 g/mol. The first-order chi connectivity index (χ1) is 8.75. The Balaban J connectivity index is 1.85. The molecule has 5 heteroatoms. The maximum Gasteiger partial charge on any atom is 0.137 e. The van der Waals surface area contributed by atoms with Crippen LogP contribution in [-0.4, -0.2) is 21.6 Å². The van der Waals surface area contributed by atoms with Crippen LogP contribution in [0, 0.1) is 0 Å². The van der Waals surface area contributed by atoms with Gasteiger partial charge in [0.2, 0.25) is 0 Å². The van der Waals surface area contributed by atoms with E-state index in [-0.39, 0.29) is 4.99 Å². The molecule has 0 aromatic carbocycles. The number of ether oxygens (including phenoxy) is 1. The molecular weight excluding hydrogens is 246 g/mol. The van der Waals surface area contributed by atoms with Crippen LogP contribution in [0.3, 0.4) is 0 Å². The Kier molecular flexibility index (Phi) is 4.20. The molecule has 0 atom stereocenters.